The smallest absolute Gasteiger partial charge is 0.253 e. The summed E-state index contributed by atoms with van der Waals surface area (Å²) in [4.78, 5) is 12.8. The lowest BCUT2D eigenvalue weighted by Crippen LogP contribution is -2.34. The van der Waals surface area contributed by atoms with Crippen LogP contribution in [0.4, 0.5) is 4.39 Å². The van der Waals surface area contributed by atoms with E-state index in [4.69, 9.17) is 0 Å². The third-order valence-corrected chi connectivity index (χ3v) is 3.00. The summed E-state index contributed by atoms with van der Waals surface area (Å²) in [6.45, 7) is 0.0643. The third-order valence-electron chi connectivity index (χ3n) is 3.00. The number of nitrogens with zero attached hydrogens (tertiary/aromatic N) is 1. The molecule has 0 radical (unpaired) electrons. The Morgan fingerprint density at radius 3 is 2.88 bits per heavy atom. The first kappa shape index (κ1) is 10.9. The quantitative estimate of drug-likeness (QED) is 0.779. The Kier molecular flexibility index (Phi) is 3.08. The minimum Gasteiger partial charge on any atom is -0.508 e. The number of benzene rings is 1. The molecular formula is C12H14FNO2. The predicted octanol–water partition coefficient (Wildman–Crippen LogP) is 1.29. The fourth-order valence-electron chi connectivity index (χ4n) is 2.09. The number of phenols is 1. The number of fused-ring (bicyclic) bond motifs is 1. The summed E-state index contributed by atoms with van der Waals surface area (Å²) in [5.41, 5.74) is 1.94. The number of phenolic OH excluding ortho intramolecular Hbond substituents is 1. The normalized spacial score (nSPS) is 15.4. The third kappa shape index (κ3) is 2.01. The average molecular weight is 223 g/mol. The zero-order chi connectivity index (χ0) is 11.5. The van der Waals surface area contributed by atoms with Gasteiger partial charge in [0.1, 0.15) is 5.75 Å². The molecule has 0 bridgehead atoms. The SMILES string of the molecule is O=C(CF)N1CCc2cccc(O)c2CC1. The number of carbonyl (C=O) groups excluding carboxylic acids is 1. The highest BCUT2D eigenvalue weighted by Gasteiger charge is 2.19. The first-order valence-corrected chi connectivity index (χ1v) is 5.36. The molecule has 0 fully saturated rings. The molecule has 1 amide bonds. The summed E-state index contributed by atoms with van der Waals surface area (Å²) < 4.78 is 12.3. The Morgan fingerprint density at radius 2 is 2.12 bits per heavy atom. The minimum atomic E-state index is -0.942. The molecule has 0 saturated carbocycles. The standard InChI is InChI=1S/C12H14FNO2/c13-8-12(16)14-6-4-9-2-1-3-11(15)10(9)5-7-14/h1-3,15H,4-8H2. The summed E-state index contributed by atoms with van der Waals surface area (Å²) in [7, 11) is 0. The van der Waals surface area contributed by atoms with E-state index in [1.807, 2.05) is 6.07 Å². The number of rotatable bonds is 1. The summed E-state index contributed by atoms with van der Waals surface area (Å²) in [5.74, 6) is -0.195. The molecule has 1 N–H and O–H groups in total. The summed E-state index contributed by atoms with van der Waals surface area (Å²) in [6.07, 6.45) is 1.27. The van der Waals surface area contributed by atoms with Crippen molar-refractivity contribution < 1.29 is 14.3 Å². The Labute approximate surface area is 93.5 Å². The van der Waals surface area contributed by atoms with Crippen LogP contribution in [0.1, 0.15) is 11.1 Å². The van der Waals surface area contributed by atoms with Crippen molar-refractivity contribution in [3.8, 4) is 5.75 Å². The predicted molar refractivity (Wildman–Crippen MR) is 58.1 cm³/mol. The molecule has 1 heterocycles. The molecule has 16 heavy (non-hydrogen) atoms. The van der Waals surface area contributed by atoms with Crippen molar-refractivity contribution in [2.75, 3.05) is 19.8 Å². The van der Waals surface area contributed by atoms with Crippen LogP contribution in [0.15, 0.2) is 18.2 Å². The van der Waals surface area contributed by atoms with Crippen LogP contribution in [-0.2, 0) is 17.6 Å². The number of aromatic hydroxyl groups is 1. The molecule has 1 aliphatic heterocycles. The van der Waals surface area contributed by atoms with Gasteiger partial charge in [-0.3, -0.25) is 4.79 Å². The number of alkyl halides is 1. The van der Waals surface area contributed by atoms with Crippen molar-refractivity contribution >= 4 is 5.91 Å². The second-order valence-electron chi connectivity index (χ2n) is 3.93. The van der Waals surface area contributed by atoms with Crippen molar-refractivity contribution in [1.82, 2.24) is 4.90 Å². The van der Waals surface area contributed by atoms with Crippen LogP contribution in [0.25, 0.3) is 0 Å². The van der Waals surface area contributed by atoms with Gasteiger partial charge in [-0.2, -0.15) is 0 Å². The maximum absolute atomic E-state index is 12.3. The lowest BCUT2D eigenvalue weighted by atomic mass is 10.0. The van der Waals surface area contributed by atoms with Crippen LogP contribution in [0, 0.1) is 0 Å². The van der Waals surface area contributed by atoms with Gasteiger partial charge in [-0.15, -0.1) is 0 Å². The first-order valence-electron chi connectivity index (χ1n) is 5.36. The van der Waals surface area contributed by atoms with Crippen LogP contribution in [0.2, 0.25) is 0 Å². The van der Waals surface area contributed by atoms with Crippen molar-refractivity contribution in [3.63, 3.8) is 0 Å². The minimum absolute atomic E-state index is 0.270. The van der Waals surface area contributed by atoms with Gasteiger partial charge in [-0.25, -0.2) is 4.39 Å². The highest BCUT2D eigenvalue weighted by Crippen LogP contribution is 2.24. The van der Waals surface area contributed by atoms with Crippen molar-refractivity contribution in [1.29, 1.82) is 0 Å². The largest absolute Gasteiger partial charge is 0.508 e. The van der Waals surface area contributed by atoms with E-state index in [0.29, 0.717) is 25.9 Å². The zero-order valence-corrected chi connectivity index (χ0v) is 8.95. The molecule has 0 atom stereocenters. The van der Waals surface area contributed by atoms with E-state index in [1.165, 1.54) is 4.90 Å². The van der Waals surface area contributed by atoms with Gasteiger partial charge in [0.15, 0.2) is 6.67 Å². The molecular weight excluding hydrogens is 209 g/mol. The molecule has 86 valence electrons. The van der Waals surface area contributed by atoms with Crippen LogP contribution in [0.5, 0.6) is 5.75 Å². The van der Waals surface area contributed by atoms with Gasteiger partial charge in [-0.05, 0) is 30.0 Å². The monoisotopic (exact) mass is 223 g/mol. The molecule has 0 saturated heterocycles. The Morgan fingerprint density at radius 1 is 1.38 bits per heavy atom. The van der Waals surface area contributed by atoms with Gasteiger partial charge >= 0.3 is 0 Å². The van der Waals surface area contributed by atoms with E-state index < -0.39 is 12.6 Å². The van der Waals surface area contributed by atoms with Gasteiger partial charge in [-0.1, -0.05) is 12.1 Å². The maximum atomic E-state index is 12.3. The van der Waals surface area contributed by atoms with E-state index in [9.17, 15) is 14.3 Å². The van der Waals surface area contributed by atoms with Crippen LogP contribution < -0.4 is 0 Å². The van der Waals surface area contributed by atoms with Crippen molar-refractivity contribution in [3.05, 3.63) is 29.3 Å². The fourth-order valence-corrected chi connectivity index (χ4v) is 2.09. The van der Waals surface area contributed by atoms with E-state index in [0.717, 1.165) is 11.1 Å². The molecule has 4 heteroatoms. The topological polar surface area (TPSA) is 40.5 Å². The Balaban J connectivity index is 2.19. The first-order chi connectivity index (χ1) is 7.72. The molecule has 0 aliphatic carbocycles. The lowest BCUT2D eigenvalue weighted by Gasteiger charge is -2.18. The Bertz CT molecular complexity index is 406. The van der Waals surface area contributed by atoms with Gasteiger partial charge in [0.05, 0.1) is 0 Å². The molecule has 0 unspecified atom stereocenters. The summed E-state index contributed by atoms with van der Waals surface area (Å²) in [5, 5.41) is 9.69. The number of amides is 1. The fraction of sp³-hybridized carbons (Fsp3) is 0.417. The van der Waals surface area contributed by atoms with Gasteiger partial charge < -0.3 is 10.0 Å². The van der Waals surface area contributed by atoms with Crippen LogP contribution >= 0.6 is 0 Å². The number of carbonyl (C=O) groups is 1. The van der Waals surface area contributed by atoms with E-state index in [1.54, 1.807) is 12.1 Å². The van der Waals surface area contributed by atoms with Gasteiger partial charge in [0, 0.05) is 13.1 Å². The zero-order valence-electron chi connectivity index (χ0n) is 8.95. The number of hydrogen-bond acceptors (Lipinski definition) is 2. The molecule has 3 nitrogen and oxygen atoms in total. The second-order valence-corrected chi connectivity index (χ2v) is 3.93. The van der Waals surface area contributed by atoms with Gasteiger partial charge in [0.25, 0.3) is 5.91 Å². The highest BCUT2D eigenvalue weighted by molar-refractivity contribution is 5.77. The molecule has 0 aromatic heterocycles. The van der Waals surface area contributed by atoms with E-state index in [-0.39, 0.29) is 5.75 Å². The van der Waals surface area contributed by atoms with E-state index in [2.05, 4.69) is 0 Å². The molecule has 1 aromatic rings. The molecule has 1 aliphatic rings. The second kappa shape index (κ2) is 4.51. The summed E-state index contributed by atoms with van der Waals surface area (Å²) >= 11 is 0. The Hall–Kier alpha value is -1.58. The number of hydrogen-bond donors (Lipinski definition) is 1. The molecule has 2 rings (SSSR count). The van der Waals surface area contributed by atoms with Crippen molar-refractivity contribution in [2.24, 2.45) is 0 Å². The van der Waals surface area contributed by atoms with Crippen molar-refractivity contribution in [2.45, 2.75) is 12.8 Å². The lowest BCUT2D eigenvalue weighted by molar-refractivity contribution is -0.132. The maximum Gasteiger partial charge on any atom is 0.253 e. The highest BCUT2D eigenvalue weighted by atomic mass is 19.1. The molecule has 1 aromatic carbocycles. The van der Waals surface area contributed by atoms with Gasteiger partial charge in [0.2, 0.25) is 0 Å². The number of halogens is 1. The van der Waals surface area contributed by atoms with E-state index >= 15 is 0 Å². The van der Waals surface area contributed by atoms with Crippen LogP contribution in [0.3, 0.4) is 0 Å². The van der Waals surface area contributed by atoms with Crippen LogP contribution in [-0.4, -0.2) is 35.7 Å². The molecule has 0 spiro atoms. The average Bonchev–Trinajstić information content (AvgIpc) is 2.51. The summed E-state index contributed by atoms with van der Waals surface area (Å²) in [6, 6.07) is 5.38.